The van der Waals surface area contributed by atoms with Gasteiger partial charge >= 0.3 is 0 Å². The minimum Gasteiger partial charge on any atom is -0.359 e. The lowest BCUT2D eigenvalue weighted by molar-refractivity contribution is 0.372. The Labute approximate surface area is 141 Å². The summed E-state index contributed by atoms with van der Waals surface area (Å²) in [6.07, 6.45) is 2.08. The van der Waals surface area contributed by atoms with Crippen LogP contribution in [-0.2, 0) is 13.0 Å². The van der Waals surface area contributed by atoms with Gasteiger partial charge < -0.3 is 14.7 Å². The normalized spacial score (nSPS) is 18.2. The number of halogens is 1. The molecule has 1 unspecified atom stereocenters. The molecule has 0 spiro atoms. The van der Waals surface area contributed by atoms with Gasteiger partial charge in [-0.05, 0) is 43.4 Å². The van der Waals surface area contributed by atoms with Crippen molar-refractivity contribution in [1.82, 2.24) is 15.4 Å². The number of benzene rings is 1. The molecule has 1 aliphatic heterocycles. The van der Waals surface area contributed by atoms with Crippen molar-refractivity contribution in [3.63, 3.8) is 0 Å². The minimum absolute atomic E-state index is 0.181. The first kappa shape index (κ1) is 16.5. The van der Waals surface area contributed by atoms with Gasteiger partial charge in [0.2, 0.25) is 0 Å². The van der Waals surface area contributed by atoms with Crippen molar-refractivity contribution >= 4 is 5.96 Å². The first-order valence-electron chi connectivity index (χ1n) is 8.26. The van der Waals surface area contributed by atoms with Gasteiger partial charge in [0.1, 0.15) is 5.82 Å². The Bertz CT molecular complexity index is 695. The molecule has 6 heteroatoms. The number of nitrogens with zero attached hydrogens (tertiary/aromatic N) is 3. The highest BCUT2D eigenvalue weighted by molar-refractivity contribution is 5.80. The van der Waals surface area contributed by atoms with Crippen molar-refractivity contribution in [2.45, 2.75) is 26.3 Å². The van der Waals surface area contributed by atoms with Crippen LogP contribution in [0.1, 0.15) is 23.4 Å². The number of aryl methyl sites for hydroxylation is 1. The van der Waals surface area contributed by atoms with E-state index < -0.39 is 0 Å². The van der Waals surface area contributed by atoms with E-state index in [0.29, 0.717) is 12.5 Å². The zero-order valence-electron chi connectivity index (χ0n) is 14.1. The van der Waals surface area contributed by atoms with E-state index >= 15 is 0 Å². The van der Waals surface area contributed by atoms with Crippen molar-refractivity contribution in [3.8, 4) is 0 Å². The third-order valence-corrected chi connectivity index (χ3v) is 4.33. The van der Waals surface area contributed by atoms with Crippen LogP contribution in [0.2, 0.25) is 0 Å². The molecule has 1 N–H and O–H groups in total. The summed E-state index contributed by atoms with van der Waals surface area (Å²) in [6.45, 7) is 4.41. The molecule has 5 nitrogen and oxygen atoms in total. The van der Waals surface area contributed by atoms with E-state index in [-0.39, 0.29) is 5.82 Å². The molecule has 0 amide bonds. The molecule has 24 heavy (non-hydrogen) atoms. The van der Waals surface area contributed by atoms with Gasteiger partial charge in [0.25, 0.3) is 0 Å². The van der Waals surface area contributed by atoms with Crippen LogP contribution in [0, 0.1) is 18.7 Å². The second-order valence-electron chi connectivity index (χ2n) is 6.27. The quantitative estimate of drug-likeness (QED) is 0.692. The molecule has 3 rings (SSSR count). The molecule has 1 aliphatic rings. The average Bonchev–Trinajstić information content (AvgIpc) is 3.20. The topological polar surface area (TPSA) is 53.7 Å². The molecular weight excluding hydrogens is 307 g/mol. The summed E-state index contributed by atoms with van der Waals surface area (Å²) < 4.78 is 18.2. The smallest absolute Gasteiger partial charge is 0.194 e. The molecule has 128 valence electrons. The lowest BCUT2D eigenvalue weighted by Gasteiger charge is -2.21. The highest BCUT2D eigenvalue weighted by Crippen LogP contribution is 2.21. The molecule has 0 aliphatic carbocycles. The summed E-state index contributed by atoms with van der Waals surface area (Å²) >= 11 is 0. The Balaban J connectivity index is 1.52. The van der Waals surface area contributed by atoms with E-state index in [2.05, 4.69) is 20.4 Å². The third kappa shape index (κ3) is 4.13. The SMILES string of the molecule is CN=C(NCc1cc(C)no1)N1CCC(Cc2ccc(F)cc2)C1. The Morgan fingerprint density at radius 1 is 1.42 bits per heavy atom. The van der Waals surface area contributed by atoms with E-state index in [9.17, 15) is 4.39 Å². The van der Waals surface area contributed by atoms with E-state index in [0.717, 1.165) is 43.3 Å². The Morgan fingerprint density at radius 2 is 2.21 bits per heavy atom. The molecule has 1 atom stereocenters. The van der Waals surface area contributed by atoms with Gasteiger partial charge in [-0.3, -0.25) is 4.99 Å². The van der Waals surface area contributed by atoms with Gasteiger partial charge in [0.05, 0.1) is 12.2 Å². The van der Waals surface area contributed by atoms with Crippen molar-refractivity contribution in [1.29, 1.82) is 0 Å². The molecule has 2 aromatic rings. The molecular formula is C18H23FN4O. The van der Waals surface area contributed by atoms with E-state index in [1.54, 1.807) is 7.05 Å². The summed E-state index contributed by atoms with van der Waals surface area (Å²) in [4.78, 5) is 6.63. The number of nitrogens with one attached hydrogen (secondary N) is 1. The van der Waals surface area contributed by atoms with Gasteiger partial charge in [-0.15, -0.1) is 0 Å². The molecule has 0 saturated carbocycles. The lowest BCUT2D eigenvalue weighted by atomic mass is 9.99. The van der Waals surface area contributed by atoms with Crippen LogP contribution in [0.5, 0.6) is 0 Å². The fourth-order valence-electron chi connectivity index (χ4n) is 3.14. The summed E-state index contributed by atoms with van der Waals surface area (Å²) in [7, 11) is 1.79. The van der Waals surface area contributed by atoms with Crippen LogP contribution in [0.3, 0.4) is 0 Å². The summed E-state index contributed by atoms with van der Waals surface area (Å²) in [5.74, 6) is 2.06. The number of guanidine groups is 1. The van der Waals surface area contributed by atoms with Gasteiger partial charge in [-0.25, -0.2) is 4.39 Å². The van der Waals surface area contributed by atoms with Crippen molar-refractivity contribution in [2.75, 3.05) is 20.1 Å². The molecule has 1 saturated heterocycles. The minimum atomic E-state index is -0.181. The van der Waals surface area contributed by atoms with Crippen LogP contribution < -0.4 is 5.32 Å². The van der Waals surface area contributed by atoms with Crippen molar-refractivity contribution in [2.24, 2.45) is 10.9 Å². The predicted molar refractivity (Wildman–Crippen MR) is 91.2 cm³/mol. The fourth-order valence-corrected chi connectivity index (χ4v) is 3.14. The maximum Gasteiger partial charge on any atom is 0.194 e. The average molecular weight is 330 g/mol. The zero-order chi connectivity index (χ0) is 16.9. The molecule has 1 fully saturated rings. The van der Waals surface area contributed by atoms with Crippen LogP contribution in [0.25, 0.3) is 0 Å². The number of aromatic nitrogens is 1. The zero-order valence-corrected chi connectivity index (χ0v) is 14.1. The van der Waals surface area contributed by atoms with Gasteiger partial charge in [0.15, 0.2) is 11.7 Å². The third-order valence-electron chi connectivity index (χ3n) is 4.33. The summed E-state index contributed by atoms with van der Waals surface area (Å²) in [5, 5.41) is 7.21. The highest BCUT2D eigenvalue weighted by Gasteiger charge is 2.25. The number of hydrogen-bond donors (Lipinski definition) is 1. The number of hydrogen-bond acceptors (Lipinski definition) is 3. The van der Waals surface area contributed by atoms with Gasteiger partial charge in [-0.1, -0.05) is 17.3 Å². The Hall–Kier alpha value is -2.37. The second-order valence-corrected chi connectivity index (χ2v) is 6.27. The highest BCUT2D eigenvalue weighted by atomic mass is 19.1. The fraction of sp³-hybridized carbons (Fsp3) is 0.444. The van der Waals surface area contributed by atoms with Crippen LogP contribution >= 0.6 is 0 Å². The largest absolute Gasteiger partial charge is 0.359 e. The lowest BCUT2D eigenvalue weighted by Crippen LogP contribution is -2.39. The summed E-state index contributed by atoms with van der Waals surface area (Å²) in [6, 6.07) is 8.72. The first-order chi connectivity index (χ1) is 11.6. The molecule has 2 heterocycles. The van der Waals surface area contributed by atoms with Crippen molar-refractivity contribution in [3.05, 3.63) is 53.2 Å². The molecule has 0 bridgehead atoms. The second kappa shape index (κ2) is 7.47. The first-order valence-corrected chi connectivity index (χ1v) is 8.26. The summed E-state index contributed by atoms with van der Waals surface area (Å²) in [5.41, 5.74) is 2.06. The number of rotatable bonds is 4. The molecule has 1 aromatic carbocycles. The Kier molecular flexibility index (Phi) is 5.13. The maximum absolute atomic E-state index is 13.0. The number of likely N-dealkylation sites (tertiary alicyclic amines) is 1. The van der Waals surface area contributed by atoms with E-state index in [1.807, 2.05) is 25.1 Å². The van der Waals surface area contributed by atoms with Gasteiger partial charge in [-0.2, -0.15) is 0 Å². The predicted octanol–water partition coefficient (Wildman–Crippen LogP) is 2.76. The monoisotopic (exact) mass is 330 g/mol. The molecule has 0 radical (unpaired) electrons. The van der Waals surface area contributed by atoms with Crippen molar-refractivity contribution < 1.29 is 8.91 Å². The van der Waals surface area contributed by atoms with Crippen LogP contribution in [0.15, 0.2) is 39.8 Å². The standard InChI is InChI=1S/C18H23FN4O/c1-13-9-17(24-22-13)11-21-18(20-2)23-8-7-15(12-23)10-14-3-5-16(19)6-4-14/h3-6,9,15H,7-8,10-12H2,1-2H3,(H,20,21). The number of aliphatic imine (C=N–C) groups is 1. The van der Waals surface area contributed by atoms with E-state index in [1.165, 1.54) is 17.7 Å². The van der Waals surface area contributed by atoms with Crippen LogP contribution in [-0.4, -0.2) is 36.2 Å². The molecule has 1 aromatic heterocycles. The Morgan fingerprint density at radius 3 is 2.88 bits per heavy atom. The van der Waals surface area contributed by atoms with E-state index in [4.69, 9.17) is 4.52 Å². The maximum atomic E-state index is 13.0. The van der Waals surface area contributed by atoms with Gasteiger partial charge in [0, 0.05) is 26.2 Å². The van der Waals surface area contributed by atoms with Crippen LogP contribution in [0.4, 0.5) is 4.39 Å².